The summed E-state index contributed by atoms with van der Waals surface area (Å²) in [6, 6.07) is 5.51. The molecule has 0 radical (unpaired) electrons. The minimum absolute atomic E-state index is 0.228. The molecule has 0 aliphatic carbocycles. The number of rotatable bonds is 4. The van der Waals surface area contributed by atoms with Gasteiger partial charge in [0, 0.05) is 11.6 Å². The van der Waals surface area contributed by atoms with Crippen LogP contribution >= 0.6 is 27.5 Å². The fraction of sp³-hybridized carbons (Fsp3) is 0.333. The third-order valence-corrected chi connectivity index (χ3v) is 4.28. The van der Waals surface area contributed by atoms with Crippen LogP contribution < -0.4 is 9.47 Å². The molecule has 2 rings (SSSR count). The molecule has 112 valence electrons. The number of halogens is 2. The molecule has 0 aliphatic heterocycles. The second-order valence-electron chi connectivity index (χ2n) is 4.79. The molecule has 1 aromatic heterocycles. The summed E-state index contributed by atoms with van der Waals surface area (Å²) in [7, 11) is 3.21. The summed E-state index contributed by atoms with van der Waals surface area (Å²) >= 11 is 9.64. The van der Waals surface area contributed by atoms with Crippen LogP contribution in [0, 0.1) is 0 Å². The Balaban J connectivity index is 2.61. The smallest absolute Gasteiger partial charge is 0.161 e. The molecule has 0 unspecified atom stereocenters. The van der Waals surface area contributed by atoms with E-state index in [1.807, 2.05) is 12.1 Å². The molecular weight excluding hydrogens is 356 g/mol. The van der Waals surface area contributed by atoms with Gasteiger partial charge in [-0.1, -0.05) is 25.4 Å². The van der Waals surface area contributed by atoms with Crippen LogP contribution in [0.1, 0.15) is 25.5 Å². The van der Waals surface area contributed by atoms with Crippen LogP contribution in [-0.4, -0.2) is 24.2 Å². The Morgan fingerprint density at radius 3 is 2.10 bits per heavy atom. The molecule has 0 saturated heterocycles. The molecule has 1 heterocycles. The van der Waals surface area contributed by atoms with Crippen molar-refractivity contribution in [1.82, 2.24) is 9.97 Å². The first-order chi connectivity index (χ1) is 9.96. The van der Waals surface area contributed by atoms with Gasteiger partial charge in [-0.3, -0.25) is 0 Å². The van der Waals surface area contributed by atoms with Crippen molar-refractivity contribution < 1.29 is 9.47 Å². The van der Waals surface area contributed by atoms with Crippen LogP contribution in [0.2, 0.25) is 5.15 Å². The normalized spacial score (nSPS) is 10.8. The maximum absolute atomic E-state index is 6.20. The molecule has 4 nitrogen and oxygen atoms in total. The first-order valence-electron chi connectivity index (χ1n) is 6.42. The molecule has 0 spiro atoms. The monoisotopic (exact) mass is 370 g/mol. The lowest BCUT2D eigenvalue weighted by Crippen LogP contribution is -2.01. The lowest BCUT2D eigenvalue weighted by molar-refractivity contribution is 0.394. The molecule has 0 bridgehead atoms. The summed E-state index contributed by atoms with van der Waals surface area (Å²) in [6.07, 6.45) is 0. The molecule has 0 saturated carbocycles. The van der Waals surface area contributed by atoms with E-state index in [1.54, 1.807) is 20.3 Å². The van der Waals surface area contributed by atoms with Crippen molar-refractivity contribution in [2.24, 2.45) is 0 Å². The average molecular weight is 372 g/mol. The average Bonchev–Trinajstić information content (AvgIpc) is 2.48. The number of aromatic nitrogens is 2. The van der Waals surface area contributed by atoms with Gasteiger partial charge in [0.05, 0.1) is 24.4 Å². The predicted molar refractivity (Wildman–Crippen MR) is 87.4 cm³/mol. The minimum Gasteiger partial charge on any atom is -0.497 e. The Morgan fingerprint density at radius 2 is 1.62 bits per heavy atom. The minimum atomic E-state index is 0.228. The van der Waals surface area contributed by atoms with Crippen molar-refractivity contribution in [3.63, 3.8) is 0 Å². The van der Waals surface area contributed by atoms with Crippen LogP contribution in [0.4, 0.5) is 0 Å². The van der Waals surface area contributed by atoms with Crippen LogP contribution in [0.3, 0.4) is 0 Å². The predicted octanol–water partition coefficient (Wildman–Crippen LogP) is 4.70. The van der Waals surface area contributed by atoms with E-state index in [0.717, 1.165) is 15.7 Å². The van der Waals surface area contributed by atoms with Crippen molar-refractivity contribution in [2.45, 2.75) is 19.8 Å². The van der Waals surface area contributed by atoms with E-state index in [4.69, 9.17) is 21.1 Å². The van der Waals surface area contributed by atoms with Crippen LogP contribution in [0.25, 0.3) is 11.4 Å². The van der Waals surface area contributed by atoms with E-state index >= 15 is 0 Å². The number of benzene rings is 1. The van der Waals surface area contributed by atoms with Gasteiger partial charge in [0.2, 0.25) is 0 Å². The Labute approximate surface area is 137 Å². The highest BCUT2D eigenvalue weighted by Gasteiger charge is 2.15. The number of hydrogen-bond acceptors (Lipinski definition) is 4. The molecular formula is C15H16BrClN2O2. The highest BCUT2D eigenvalue weighted by atomic mass is 79.9. The SMILES string of the molecule is COc1cc(OC)cc(-c2nc(Cl)c(Br)c(C(C)C)n2)c1. The number of nitrogens with zero attached hydrogens (tertiary/aromatic N) is 2. The Morgan fingerprint density at radius 1 is 1.05 bits per heavy atom. The maximum atomic E-state index is 6.20. The number of ether oxygens (including phenoxy) is 2. The molecule has 0 atom stereocenters. The lowest BCUT2D eigenvalue weighted by Gasteiger charge is -2.12. The van der Waals surface area contributed by atoms with Gasteiger partial charge in [-0.25, -0.2) is 9.97 Å². The van der Waals surface area contributed by atoms with Crippen LogP contribution in [0.5, 0.6) is 11.5 Å². The van der Waals surface area contributed by atoms with Gasteiger partial charge >= 0.3 is 0 Å². The highest BCUT2D eigenvalue weighted by molar-refractivity contribution is 9.10. The van der Waals surface area contributed by atoms with Gasteiger partial charge in [0.1, 0.15) is 16.7 Å². The standard InChI is InChI=1S/C15H16BrClN2O2/c1-8(2)13-12(16)14(17)19-15(18-13)9-5-10(20-3)7-11(6-9)21-4/h5-8H,1-4H3. The van der Waals surface area contributed by atoms with E-state index in [1.165, 1.54) is 0 Å². The summed E-state index contributed by atoms with van der Waals surface area (Å²) in [5.41, 5.74) is 1.66. The first-order valence-corrected chi connectivity index (χ1v) is 7.59. The van der Waals surface area contributed by atoms with Gasteiger partial charge < -0.3 is 9.47 Å². The third kappa shape index (κ3) is 3.47. The zero-order chi connectivity index (χ0) is 15.6. The van der Waals surface area contributed by atoms with Crippen molar-refractivity contribution in [3.05, 3.63) is 33.5 Å². The topological polar surface area (TPSA) is 44.2 Å². The summed E-state index contributed by atoms with van der Waals surface area (Å²) in [4.78, 5) is 8.93. The second kappa shape index (κ2) is 6.62. The van der Waals surface area contributed by atoms with Gasteiger partial charge in [-0.15, -0.1) is 0 Å². The van der Waals surface area contributed by atoms with Gasteiger partial charge in [-0.05, 0) is 34.0 Å². The van der Waals surface area contributed by atoms with E-state index in [2.05, 4.69) is 39.7 Å². The van der Waals surface area contributed by atoms with Crippen LogP contribution in [-0.2, 0) is 0 Å². The van der Waals surface area contributed by atoms with E-state index < -0.39 is 0 Å². The number of hydrogen-bond donors (Lipinski definition) is 0. The molecule has 6 heteroatoms. The lowest BCUT2D eigenvalue weighted by atomic mass is 10.1. The Kier molecular flexibility index (Phi) is 5.06. The number of methoxy groups -OCH3 is 2. The van der Waals surface area contributed by atoms with Gasteiger partial charge in [-0.2, -0.15) is 0 Å². The summed E-state index contributed by atoms with van der Waals surface area (Å²) in [5, 5.41) is 0.394. The van der Waals surface area contributed by atoms with E-state index in [0.29, 0.717) is 22.5 Å². The molecule has 0 N–H and O–H groups in total. The molecule has 1 aromatic carbocycles. The largest absolute Gasteiger partial charge is 0.497 e. The zero-order valence-corrected chi connectivity index (χ0v) is 14.6. The molecule has 0 aliphatic rings. The van der Waals surface area contributed by atoms with Crippen LogP contribution in [0.15, 0.2) is 22.7 Å². The van der Waals surface area contributed by atoms with E-state index in [9.17, 15) is 0 Å². The molecule has 2 aromatic rings. The van der Waals surface area contributed by atoms with Crippen molar-refractivity contribution in [1.29, 1.82) is 0 Å². The molecule has 0 fully saturated rings. The van der Waals surface area contributed by atoms with Crippen molar-refractivity contribution >= 4 is 27.5 Å². The Bertz CT molecular complexity index is 640. The second-order valence-corrected chi connectivity index (χ2v) is 5.94. The highest BCUT2D eigenvalue weighted by Crippen LogP contribution is 2.33. The third-order valence-electron chi connectivity index (χ3n) is 2.99. The summed E-state index contributed by atoms with van der Waals surface area (Å²) in [5.74, 6) is 2.13. The summed E-state index contributed by atoms with van der Waals surface area (Å²) < 4.78 is 11.3. The van der Waals surface area contributed by atoms with Gasteiger partial charge in [0.25, 0.3) is 0 Å². The van der Waals surface area contributed by atoms with Crippen molar-refractivity contribution in [3.8, 4) is 22.9 Å². The quantitative estimate of drug-likeness (QED) is 0.731. The summed E-state index contributed by atoms with van der Waals surface area (Å²) in [6.45, 7) is 4.11. The fourth-order valence-electron chi connectivity index (χ4n) is 1.88. The first kappa shape index (κ1) is 16.0. The Hall–Kier alpha value is -1.33. The zero-order valence-electron chi connectivity index (χ0n) is 12.3. The molecule has 0 amide bonds. The van der Waals surface area contributed by atoms with Crippen molar-refractivity contribution in [2.75, 3.05) is 14.2 Å². The fourth-order valence-corrected chi connectivity index (χ4v) is 2.70. The maximum Gasteiger partial charge on any atom is 0.161 e. The van der Waals surface area contributed by atoms with E-state index in [-0.39, 0.29) is 5.92 Å². The van der Waals surface area contributed by atoms with Gasteiger partial charge in [0.15, 0.2) is 5.82 Å². The molecule has 21 heavy (non-hydrogen) atoms.